The number of esters is 1. The van der Waals surface area contributed by atoms with Crippen molar-refractivity contribution in [2.24, 2.45) is 0 Å². The maximum Gasteiger partial charge on any atom is 0.338 e. The Labute approximate surface area is 296 Å². The number of aryl methyl sites for hydroxylation is 2. The summed E-state index contributed by atoms with van der Waals surface area (Å²) in [7, 11) is 0. The van der Waals surface area contributed by atoms with Crippen LogP contribution in [0.5, 0.6) is 0 Å². The summed E-state index contributed by atoms with van der Waals surface area (Å²) in [6.07, 6.45) is 2.86. The highest BCUT2D eigenvalue weighted by Crippen LogP contribution is 2.38. The van der Waals surface area contributed by atoms with Crippen molar-refractivity contribution in [1.82, 2.24) is 9.47 Å². The molecule has 50 heavy (non-hydrogen) atoms. The number of fused-ring (bicyclic) bond motifs is 2. The topological polar surface area (TPSA) is 68.6 Å². The van der Waals surface area contributed by atoms with Gasteiger partial charge < -0.3 is 9.30 Å². The van der Waals surface area contributed by atoms with Crippen LogP contribution < -0.4 is 0 Å². The lowest BCUT2D eigenvalue weighted by Gasteiger charge is -2.25. The van der Waals surface area contributed by atoms with E-state index < -0.39 is 0 Å². The molecule has 1 aromatic heterocycles. The van der Waals surface area contributed by atoms with Gasteiger partial charge in [0.05, 0.1) is 29.3 Å². The van der Waals surface area contributed by atoms with Gasteiger partial charge >= 0.3 is 5.97 Å². The van der Waals surface area contributed by atoms with Gasteiger partial charge in [0.25, 0.3) is 11.8 Å². The lowest BCUT2D eigenvalue weighted by atomic mass is 9.97. The van der Waals surface area contributed by atoms with Crippen molar-refractivity contribution >= 4 is 40.3 Å². The molecule has 0 fully saturated rings. The van der Waals surface area contributed by atoms with Crippen LogP contribution in [0, 0.1) is 0 Å². The van der Waals surface area contributed by atoms with Crippen molar-refractivity contribution in [1.29, 1.82) is 0 Å². The second kappa shape index (κ2) is 14.6. The van der Waals surface area contributed by atoms with Crippen LogP contribution in [-0.4, -0.2) is 40.4 Å². The van der Waals surface area contributed by atoms with Gasteiger partial charge in [-0.2, -0.15) is 0 Å². The van der Waals surface area contributed by atoms with Crippen molar-refractivity contribution in [2.45, 2.75) is 38.6 Å². The molecular formula is C43H37ClN2O4. The molecule has 0 saturated carbocycles. The minimum atomic E-state index is -0.321. The molecule has 6 nitrogen and oxygen atoms in total. The number of hydrogen-bond acceptors (Lipinski definition) is 4. The van der Waals surface area contributed by atoms with Crippen molar-refractivity contribution < 1.29 is 19.1 Å². The van der Waals surface area contributed by atoms with E-state index in [1.807, 2.05) is 48.5 Å². The number of amides is 2. The average molecular weight is 681 g/mol. The third-order valence-electron chi connectivity index (χ3n) is 9.48. The molecule has 0 bridgehead atoms. The summed E-state index contributed by atoms with van der Waals surface area (Å²) in [5, 5.41) is 1.71. The molecule has 0 unspecified atom stereocenters. The molecule has 0 radical (unpaired) electrons. The molecule has 1 aliphatic heterocycles. The van der Waals surface area contributed by atoms with Crippen LogP contribution in [0.4, 0.5) is 0 Å². The second-order valence-electron chi connectivity index (χ2n) is 12.5. The van der Waals surface area contributed by atoms with E-state index in [-0.39, 0.29) is 30.4 Å². The van der Waals surface area contributed by atoms with Crippen LogP contribution in [-0.2, 0) is 24.0 Å². The number of nitrogens with zero attached hydrogens (tertiary/aromatic N) is 2. The molecule has 250 valence electrons. The molecular weight excluding hydrogens is 644 g/mol. The van der Waals surface area contributed by atoms with Crippen LogP contribution >= 0.6 is 11.6 Å². The van der Waals surface area contributed by atoms with Gasteiger partial charge in [-0.15, -0.1) is 0 Å². The van der Waals surface area contributed by atoms with Crippen LogP contribution in [0.3, 0.4) is 0 Å². The van der Waals surface area contributed by atoms with Gasteiger partial charge in [-0.25, -0.2) is 4.79 Å². The van der Waals surface area contributed by atoms with E-state index >= 15 is 0 Å². The Morgan fingerprint density at radius 3 is 1.92 bits per heavy atom. The number of ether oxygens (including phenoxy) is 1. The van der Waals surface area contributed by atoms with E-state index in [1.165, 1.54) is 4.90 Å². The Kier molecular flexibility index (Phi) is 9.63. The Morgan fingerprint density at radius 2 is 1.32 bits per heavy atom. The molecule has 0 N–H and O–H groups in total. The summed E-state index contributed by atoms with van der Waals surface area (Å²) >= 11 is 6.68. The molecule has 0 atom stereocenters. The van der Waals surface area contributed by atoms with Crippen LogP contribution in [0.15, 0.2) is 127 Å². The third kappa shape index (κ3) is 6.47. The van der Waals surface area contributed by atoms with Gasteiger partial charge in [-0.1, -0.05) is 96.5 Å². The monoisotopic (exact) mass is 680 g/mol. The largest absolute Gasteiger partial charge is 0.462 e. The van der Waals surface area contributed by atoms with E-state index in [1.54, 1.807) is 31.2 Å². The molecule has 0 aliphatic carbocycles. The number of carbonyl (C=O) groups excluding carboxylic acids is 3. The minimum absolute atomic E-state index is 0.164. The molecule has 2 heterocycles. The van der Waals surface area contributed by atoms with Gasteiger partial charge in [0.15, 0.2) is 0 Å². The lowest BCUT2D eigenvalue weighted by Crippen LogP contribution is -2.32. The number of aromatic nitrogens is 1. The Morgan fingerprint density at radius 1 is 0.720 bits per heavy atom. The Bertz CT molecular complexity index is 2100. The van der Waals surface area contributed by atoms with Crippen molar-refractivity contribution in [3.8, 4) is 0 Å². The fourth-order valence-corrected chi connectivity index (χ4v) is 7.34. The maximum absolute atomic E-state index is 13.5. The molecule has 7 heteroatoms. The number of carbonyl (C=O) groups is 3. The van der Waals surface area contributed by atoms with E-state index in [0.717, 1.165) is 58.1 Å². The normalized spacial score (nSPS) is 12.6. The van der Waals surface area contributed by atoms with Crippen LogP contribution in [0.2, 0.25) is 5.02 Å². The smallest absolute Gasteiger partial charge is 0.338 e. The predicted octanol–water partition coefficient (Wildman–Crippen LogP) is 9.12. The number of halogens is 1. The molecule has 7 rings (SSSR count). The SMILES string of the molecule is CCOC(=O)c1ccc(CCCc2c(CCN3C(=O)c4ccccc4C3=O)n(C(c3ccccc3)c3ccccc3)c3ccc(Cl)cc23)cc1. The Hall–Kier alpha value is -5.46. The standard InChI is InChI=1S/C43H37ClN2O4/c1-2-50-43(49)32-22-20-29(21-23-32)12-11-19-34-37-28-33(44)24-25-38(37)46(40(30-13-5-3-6-14-30)31-15-7-4-8-16-31)39(34)26-27-45-41(47)35-17-9-10-18-36(35)42(45)48/h3-10,13-18,20-25,28,40H,2,11-12,19,26-27H2,1H3. The number of benzene rings is 5. The molecule has 1 aliphatic rings. The molecule has 6 aromatic rings. The van der Waals surface area contributed by atoms with E-state index in [9.17, 15) is 14.4 Å². The summed E-state index contributed by atoms with van der Waals surface area (Å²) in [5.41, 5.74) is 8.07. The lowest BCUT2D eigenvalue weighted by molar-refractivity contribution is 0.0525. The van der Waals surface area contributed by atoms with Crippen molar-refractivity contribution in [2.75, 3.05) is 13.2 Å². The number of rotatable bonds is 12. The summed E-state index contributed by atoms with van der Waals surface area (Å²) in [6.45, 7) is 2.38. The van der Waals surface area contributed by atoms with Gasteiger partial charge in [0.2, 0.25) is 0 Å². The molecule has 5 aromatic carbocycles. The summed E-state index contributed by atoms with van der Waals surface area (Å²) in [5.74, 6) is -0.837. The first-order valence-electron chi connectivity index (χ1n) is 17.1. The first-order valence-corrected chi connectivity index (χ1v) is 17.4. The van der Waals surface area contributed by atoms with E-state index in [2.05, 4.69) is 59.2 Å². The van der Waals surface area contributed by atoms with Gasteiger partial charge in [0.1, 0.15) is 0 Å². The maximum atomic E-state index is 13.5. The first kappa shape index (κ1) is 33.1. The van der Waals surface area contributed by atoms with Gasteiger partial charge in [-0.3, -0.25) is 14.5 Å². The van der Waals surface area contributed by atoms with Crippen LogP contribution in [0.1, 0.15) is 78.4 Å². The zero-order valence-corrected chi connectivity index (χ0v) is 28.6. The summed E-state index contributed by atoms with van der Waals surface area (Å²) < 4.78 is 7.54. The van der Waals surface area contributed by atoms with Crippen LogP contribution in [0.25, 0.3) is 10.9 Å². The fraction of sp³-hybridized carbons (Fsp3) is 0.186. The quantitative estimate of drug-likeness (QED) is 0.0955. The summed E-state index contributed by atoms with van der Waals surface area (Å²) in [4.78, 5) is 40.5. The molecule has 0 saturated heterocycles. The third-order valence-corrected chi connectivity index (χ3v) is 9.71. The zero-order chi connectivity index (χ0) is 34.6. The zero-order valence-electron chi connectivity index (χ0n) is 27.8. The van der Waals surface area contributed by atoms with Gasteiger partial charge in [-0.05, 0) is 90.9 Å². The van der Waals surface area contributed by atoms with Gasteiger partial charge in [0, 0.05) is 34.6 Å². The second-order valence-corrected chi connectivity index (χ2v) is 12.9. The molecule has 2 amide bonds. The number of hydrogen-bond donors (Lipinski definition) is 0. The highest BCUT2D eigenvalue weighted by Gasteiger charge is 2.35. The highest BCUT2D eigenvalue weighted by molar-refractivity contribution is 6.31. The minimum Gasteiger partial charge on any atom is -0.462 e. The van der Waals surface area contributed by atoms with E-state index in [4.69, 9.17) is 16.3 Å². The van der Waals surface area contributed by atoms with Crippen molar-refractivity contribution in [3.05, 3.63) is 177 Å². The average Bonchev–Trinajstić information content (AvgIpc) is 3.57. The summed E-state index contributed by atoms with van der Waals surface area (Å²) in [6, 6.07) is 41.4. The van der Waals surface area contributed by atoms with E-state index in [0.29, 0.717) is 34.7 Å². The predicted molar refractivity (Wildman–Crippen MR) is 197 cm³/mol. The first-order chi connectivity index (χ1) is 24.4. The van der Waals surface area contributed by atoms with Crippen molar-refractivity contribution in [3.63, 3.8) is 0 Å². The molecule has 0 spiro atoms. The highest BCUT2D eigenvalue weighted by atomic mass is 35.5. The Balaban J connectivity index is 1.30. The number of imide groups is 1. The fourth-order valence-electron chi connectivity index (χ4n) is 7.16.